The molecule has 0 aliphatic carbocycles. The van der Waals surface area contributed by atoms with E-state index in [1.807, 2.05) is 12.1 Å². The molecule has 0 unspecified atom stereocenters. The molecule has 0 bridgehead atoms. The Morgan fingerprint density at radius 2 is 1.29 bits per heavy atom. The molecule has 0 aliphatic heterocycles. The van der Waals surface area contributed by atoms with Crippen LogP contribution >= 0.6 is 0 Å². The normalized spacial score (nSPS) is 11.5. The van der Waals surface area contributed by atoms with Gasteiger partial charge < -0.3 is 4.42 Å². The summed E-state index contributed by atoms with van der Waals surface area (Å²) >= 11 is 0. The Morgan fingerprint density at radius 1 is 0.583 bits per heavy atom. The highest BCUT2D eigenvalue weighted by Gasteiger charge is 2.10. The number of furan rings is 1. The fraction of sp³-hybridized carbons (Fsp3) is 0.0435. The van der Waals surface area contributed by atoms with Crippen LogP contribution in [-0.2, 0) is 0 Å². The van der Waals surface area contributed by atoms with E-state index in [1.165, 1.54) is 38.2 Å². The summed E-state index contributed by atoms with van der Waals surface area (Å²) in [5.74, 6) is 0. The predicted molar refractivity (Wildman–Crippen MR) is 101 cm³/mol. The van der Waals surface area contributed by atoms with Gasteiger partial charge in [0, 0.05) is 10.8 Å². The van der Waals surface area contributed by atoms with E-state index in [-0.39, 0.29) is 0 Å². The van der Waals surface area contributed by atoms with Gasteiger partial charge in [0.05, 0.1) is 0 Å². The van der Waals surface area contributed by atoms with Gasteiger partial charge in [-0.05, 0) is 52.6 Å². The van der Waals surface area contributed by atoms with E-state index in [4.69, 9.17) is 4.42 Å². The molecule has 0 spiro atoms. The van der Waals surface area contributed by atoms with Crippen LogP contribution in [0, 0.1) is 6.92 Å². The topological polar surface area (TPSA) is 13.1 Å². The standard InChI is InChI=1S/C23H16O/c1-15-10-12-18(19-7-3-2-6-17(15)19)16-11-13-23-21(14-16)20-8-4-5-9-22(20)24-23/h2-14H,1H3. The number of benzene rings is 4. The second-order valence-electron chi connectivity index (χ2n) is 6.28. The number of aryl methyl sites for hydroxylation is 1. The molecular weight excluding hydrogens is 292 g/mol. The molecule has 0 atom stereocenters. The lowest BCUT2D eigenvalue weighted by atomic mass is 9.95. The highest BCUT2D eigenvalue weighted by Crippen LogP contribution is 2.35. The van der Waals surface area contributed by atoms with E-state index in [0.29, 0.717) is 0 Å². The van der Waals surface area contributed by atoms with E-state index in [9.17, 15) is 0 Å². The van der Waals surface area contributed by atoms with Crippen molar-refractivity contribution >= 4 is 32.7 Å². The van der Waals surface area contributed by atoms with Crippen LogP contribution in [0.25, 0.3) is 43.8 Å². The summed E-state index contributed by atoms with van der Waals surface area (Å²) in [4.78, 5) is 0. The van der Waals surface area contributed by atoms with Crippen molar-refractivity contribution in [2.75, 3.05) is 0 Å². The quantitative estimate of drug-likeness (QED) is 0.335. The van der Waals surface area contributed by atoms with Gasteiger partial charge in [0.2, 0.25) is 0 Å². The van der Waals surface area contributed by atoms with Gasteiger partial charge in [-0.3, -0.25) is 0 Å². The Morgan fingerprint density at radius 3 is 2.17 bits per heavy atom. The van der Waals surface area contributed by atoms with E-state index in [2.05, 4.69) is 73.7 Å². The lowest BCUT2D eigenvalue weighted by Gasteiger charge is -2.09. The third kappa shape index (κ3) is 1.88. The minimum absolute atomic E-state index is 0.941. The maximum atomic E-state index is 5.95. The molecule has 5 rings (SSSR count). The van der Waals surface area contributed by atoms with Crippen LogP contribution in [0.2, 0.25) is 0 Å². The summed E-state index contributed by atoms with van der Waals surface area (Å²) in [6.45, 7) is 2.17. The SMILES string of the molecule is Cc1ccc(-c2ccc3oc4ccccc4c3c2)c2ccccc12. The first kappa shape index (κ1) is 13.4. The first-order valence-electron chi connectivity index (χ1n) is 8.21. The van der Waals surface area contributed by atoms with Gasteiger partial charge in [-0.1, -0.05) is 60.7 Å². The van der Waals surface area contributed by atoms with Crippen molar-refractivity contribution < 1.29 is 4.42 Å². The van der Waals surface area contributed by atoms with Gasteiger partial charge in [-0.15, -0.1) is 0 Å². The zero-order chi connectivity index (χ0) is 16.1. The van der Waals surface area contributed by atoms with Gasteiger partial charge in [0.25, 0.3) is 0 Å². The van der Waals surface area contributed by atoms with E-state index < -0.39 is 0 Å². The third-order valence-electron chi connectivity index (χ3n) is 4.83. The first-order valence-corrected chi connectivity index (χ1v) is 8.21. The molecule has 0 fully saturated rings. The minimum atomic E-state index is 0.941. The molecule has 0 saturated heterocycles. The van der Waals surface area contributed by atoms with Crippen LogP contribution in [0.5, 0.6) is 0 Å². The van der Waals surface area contributed by atoms with Crippen molar-refractivity contribution in [2.45, 2.75) is 6.92 Å². The number of hydrogen-bond acceptors (Lipinski definition) is 1. The highest BCUT2D eigenvalue weighted by atomic mass is 16.3. The van der Waals surface area contributed by atoms with Crippen LogP contribution < -0.4 is 0 Å². The van der Waals surface area contributed by atoms with Gasteiger partial charge in [-0.2, -0.15) is 0 Å². The average Bonchev–Trinajstić information content (AvgIpc) is 3.00. The zero-order valence-electron chi connectivity index (χ0n) is 13.4. The summed E-state index contributed by atoms with van der Waals surface area (Å²) in [5, 5.41) is 4.95. The molecule has 24 heavy (non-hydrogen) atoms. The van der Waals surface area contributed by atoms with Crippen molar-refractivity contribution in [3.05, 3.63) is 84.4 Å². The number of rotatable bonds is 1. The lowest BCUT2D eigenvalue weighted by Crippen LogP contribution is -1.84. The van der Waals surface area contributed by atoms with Gasteiger partial charge in [-0.25, -0.2) is 0 Å². The minimum Gasteiger partial charge on any atom is -0.456 e. The average molecular weight is 308 g/mol. The Hall–Kier alpha value is -3.06. The molecular formula is C23H16O. The second-order valence-corrected chi connectivity index (χ2v) is 6.28. The van der Waals surface area contributed by atoms with Gasteiger partial charge >= 0.3 is 0 Å². The smallest absolute Gasteiger partial charge is 0.135 e. The van der Waals surface area contributed by atoms with E-state index in [0.717, 1.165) is 11.2 Å². The van der Waals surface area contributed by atoms with Crippen LogP contribution in [-0.4, -0.2) is 0 Å². The highest BCUT2D eigenvalue weighted by molar-refractivity contribution is 6.07. The molecule has 1 nitrogen and oxygen atoms in total. The van der Waals surface area contributed by atoms with Crippen LogP contribution in [0.1, 0.15) is 5.56 Å². The maximum absolute atomic E-state index is 5.95. The van der Waals surface area contributed by atoms with Crippen molar-refractivity contribution in [1.29, 1.82) is 0 Å². The van der Waals surface area contributed by atoms with Crippen LogP contribution in [0.15, 0.2) is 83.3 Å². The summed E-state index contributed by atoms with van der Waals surface area (Å²) in [6.07, 6.45) is 0. The Labute approximate surface area is 140 Å². The molecule has 0 aliphatic rings. The Kier molecular flexibility index (Phi) is 2.77. The second kappa shape index (κ2) is 4.97. The van der Waals surface area contributed by atoms with Gasteiger partial charge in [0.1, 0.15) is 11.2 Å². The summed E-state index contributed by atoms with van der Waals surface area (Å²) in [6, 6.07) is 27.7. The van der Waals surface area contributed by atoms with Crippen LogP contribution in [0.4, 0.5) is 0 Å². The molecule has 0 amide bonds. The van der Waals surface area contributed by atoms with Crippen molar-refractivity contribution in [3.63, 3.8) is 0 Å². The van der Waals surface area contributed by atoms with Crippen molar-refractivity contribution in [3.8, 4) is 11.1 Å². The molecule has 1 aromatic heterocycles. The van der Waals surface area contributed by atoms with Crippen molar-refractivity contribution in [2.24, 2.45) is 0 Å². The molecule has 0 N–H and O–H groups in total. The predicted octanol–water partition coefficient (Wildman–Crippen LogP) is 6.71. The van der Waals surface area contributed by atoms with E-state index >= 15 is 0 Å². The summed E-state index contributed by atoms with van der Waals surface area (Å²) in [5.41, 5.74) is 5.69. The zero-order valence-corrected chi connectivity index (χ0v) is 13.4. The Balaban J connectivity index is 1.84. The molecule has 0 radical (unpaired) electrons. The molecule has 4 aromatic carbocycles. The molecule has 1 heterocycles. The largest absolute Gasteiger partial charge is 0.456 e. The number of hydrogen-bond donors (Lipinski definition) is 0. The molecule has 5 aromatic rings. The molecule has 1 heteroatoms. The monoisotopic (exact) mass is 308 g/mol. The third-order valence-corrected chi connectivity index (χ3v) is 4.83. The number of fused-ring (bicyclic) bond motifs is 4. The molecule has 0 saturated carbocycles. The van der Waals surface area contributed by atoms with Crippen LogP contribution in [0.3, 0.4) is 0 Å². The van der Waals surface area contributed by atoms with Crippen molar-refractivity contribution in [1.82, 2.24) is 0 Å². The first-order chi connectivity index (χ1) is 11.8. The fourth-order valence-electron chi connectivity index (χ4n) is 3.60. The maximum Gasteiger partial charge on any atom is 0.135 e. The molecule has 114 valence electrons. The summed E-state index contributed by atoms with van der Waals surface area (Å²) < 4.78 is 5.95. The fourth-order valence-corrected chi connectivity index (χ4v) is 3.60. The summed E-state index contributed by atoms with van der Waals surface area (Å²) in [7, 11) is 0. The van der Waals surface area contributed by atoms with E-state index in [1.54, 1.807) is 0 Å². The number of para-hydroxylation sites is 1. The van der Waals surface area contributed by atoms with Gasteiger partial charge in [0.15, 0.2) is 0 Å². The lowest BCUT2D eigenvalue weighted by molar-refractivity contribution is 0.669. The Bertz CT molecular complexity index is 1210.